The predicted molar refractivity (Wildman–Crippen MR) is 74.0 cm³/mol. The molecular weight excluding hydrogens is 255 g/mol. The molecule has 0 amide bonds. The minimum absolute atomic E-state index is 0.182. The molecule has 0 bridgehead atoms. The Bertz CT molecular complexity index is 399. The molecule has 0 aliphatic carbocycles. The summed E-state index contributed by atoms with van der Waals surface area (Å²) in [6.45, 7) is 0. The Morgan fingerprint density at radius 2 is 2.18 bits per heavy atom. The van der Waals surface area contributed by atoms with Crippen molar-refractivity contribution in [3.05, 3.63) is 33.8 Å². The van der Waals surface area contributed by atoms with Crippen molar-refractivity contribution in [3.63, 3.8) is 0 Å². The van der Waals surface area contributed by atoms with Gasteiger partial charge in [-0.15, -0.1) is 12.3 Å². The van der Waals surface area contributed by atoms with E-state index in [9.17, 15) is 0 Å². The van der Waals surface area contributed by atoms with Crippen molar-refractivity contribution in [2.24, 2.45) is 5.84 Å². The van der Waals surface area contributed by atoms with E-state index in [0.717, 1.165) is 31.2 Å². The molecule has 0 radical (unpaired) electrons. The number of unbranched alkanes of at least 4 members (excludes halogenated alkanes) is 1. The van der Waals surface area contributed by atoms with E-state index in [1.807, 2.05) is 12.1 Å². The van der Waals surface area contributed by atoms with Gasteiger partial charge in [0.15, 0.2) is 0 Å². The van der Waals surface area contributed by atoms with Crippen LogP contribution in [0.2, 0.25) is 10.0 Å². The van der Waals surface area contributed by atoms with Gasteiger partial charge in [0.05, 0.1) is 0 Å². The van der Waals surface area contributed by atoms with Gasteiger partial charge < -0.3 is 0 Å². The summed E-state index contributed by atoms with van der Waals surface area (Å²) in [6, 6.07) is 5.68. The first-order chi connectivity index (χ1) is 8.17. The summed E-state index contributed by atoms with van der Waals surface area (Å²) in [5.41, 5.74) is 3.83. The second-order valence-corrected chi connectivity index (χ2v) is 4.74. The lowest BCUT2D eigenvalue weighted by atomic mass is 10.0. The minimum Gasteiger partial charge on any atom is -0.271 e. The molecule has 0 aromatic heterocycles. The number of nitrogens with two attached hydrogens (primary N) is 1. The van der Waals surface area contributed by atoms with Gasteiger partial charge in [0.25, 0.3) is 0 Å². The van der Waals surface area contributed by atoms with Crippen LogP contribution >= 0.6 is 23.2 Å². The van der Waals surface area contributed by atoms with Crippen molar-refractivity contribution in [2.45, 2.75) is 31.7 Å². The van der Waals surface area contributed by atoms with Gasteiger partial charge in [-0.1, -0.05) is 29.3 Å². The molecule has 1 atom stereocenters. The van der Waals surface area contributed by atoms with Crippen LogP contribution in [0.5, 0.6) is 0 Å². The summed E-state index contributed by atoms with van der Waals surface area (Å²) in [4.78, 5) is 0. The van der Waals surface area contributed by atoms with E-state index < -0.39 is 0 Å². The lowest BCUT2D eigenvalue weighted by molar-refractivity contribution is 0.479. The SMILES string of the molecule is C#CCCCC(Cc1ccc(Cl)cc1Cl)NN. The zero-order valence-electron chi connectivity index (χ0n) is 9.55. The summed E-state index contributed by atoms with van der Waals surface area (Å²) < 4.78 is 0. The lowest BCUT2D eigenvalue weighted by Crippen LogP contribution is -2.36. The first-order valence-electron chi connectivity index (χ1n) is 5.51. The maximum atomic E-state index is 6.11. The molecule has 0 aliphatic rings. The molecule has 0 aliphatic heterocycles. The fraction of sp³-hybridized carbons (Fsp3) is 0.385. The van der Waals surface area contributed by atoms with Crippen LogP contribution < -0.4 is 11.3 Å². The standard InChI is InChI=1S/C13H16Cl2N2/c1-2-3-4-5-12(17-16)8-10-6-7-11(14)9-13(10)15/h1,6-7,9,12,17H,3-5,8,16H2. The van der Waals surface area contributed by atoms with Crippen molar-refractivity contribution >= 4 is 23.2 Å². The summed E-state index contributed by atoms with van der Waals surface area (Å²) in [5, 5.41) is 1.32. The van der Waals surface area contributed by atoms with Gasteiger partial charge >= 0.3 is 0 Å². The molecule has 0 fully saturated rings. The molecule has 1 aromatic rings. The van der Waals surface area contributed by atoms with E-state index in [0.29, 0.717) is 10.0 Å². The predicted octanol–water partition coefficient (Wildman–Crippen LogP) is 3.17. The van der Waals surface area contributed by atoms with Crippen molar-refractivity contribution in [1.82, 2.24) is 5.43 Å². The molecule has 0 saturated heterocycles. The topological polar surface area (TPSA) is 38.0 Å². The Morgan fingerprint density at radius 3 is 2.76 bits per heavy atom. The summed E-state index contributed by atoms with van der Waals surface area (Å²) in [6.07, 6.45) is 8.64. The molecule has 2 nitrogen and oxygen atoms in total. The van der Waals surface area contributed by atoms with Crippen LogP contribution in [0.1, 0.15) is 24.8 Å². The Kier molecular flexibility index (Phi) is 6.39. The number of hydrogen-bond donors (Lipinski definition) is 2. The van der Waals surface area contributed by atoms with Crippen LogP contribution in [0, 0.1) is 12.3 Å². The van der Waals surface area contributed by atoms with E-state index in [1.54, 1.807) is 6.07 Å². The summed E-state index contributed by atoms with van der Waals surface area (Å²) >= 11 is 11.9. The van der Waals surface area contributed by atoms with Gasteiger partial charge in [0.2, 0.25) is 0 Å². The zero-order valence-corrected chi connectivity index (χ0v) is 11.1. The van der Waals surface area contributed by atoms with E-state index in [1.165, 1.54) is 0 Å². The van der Waals surface area contributed by atoms with E-state index >= 15 is 0 Å². The average Bonchev–Trinajstić information content (AvgIpc) is 2.31. The molecule has 1 unspecified atom stereocenters. The Morgan fingerprint density at radius 1 is 1.41 bits per heavy atom. The van der Waals surface area contributed by atoms with Crippen LogP contribution in [0.4, 0.5) is 0 Å². The van der Waals surface area contributed by atoms with Gasteiger partial charge in [-0.05, 0) is 37.0 Å². The van der Waals surface area contributed by atoms with Gasteiger partial charge in [-0.25, -0.2) is 0 Å². The van der Waals surface area contributed by atoms with Crippen LogP contribution in [0.3, 0.4) is 0 Å². The van der Waals surface area contributed by atoms with E-state index in [4.69, 9.17) is 35.5 Å². The number of hydrogen-bond acceptors (Lipinski definition) is 2. The minimum atomic E-state index is 0.182. The Hall–Kier alpha value is -0.720. The average molecular weight is 271 g/mol. The number of benzene rings is 1. The fourth-order valence-corrected chi connectivity index (χ4v) is 2.13. The van der Waals surface area contributed by atoms with Gasteiger partial charge in [-0.3, -0.25) is 11.3 Å². The Balaban J connectivity index is 2.58. The largest absolute Gasteiger partial charge is 0.271 e. The zero-order chi connectivity index (χ0) is 12.7. The molecule has 0 spiro atoms. The molecule has 92 valence electrons. The van der Waals surface area contributed by atoms with E-state index in [-0.39, 0.29) is 6.04 Å². The normalized spacial score (nSPS) is 12.1. The lowest BCUT2D eigenvalue weighted by Gasteiger charge is -2.16. The molecule has 1 aromatic carbocycles. The number of rotatable bonds is 6. The molecule has 4 heteroatoms. The third kappa shape index (κ3) is 4.97. The molecule has 3 N–H and O–H groups in total. The van der Waals surface area contributed by atoms with Crippen LogP contribution in [0.25, 0.3) is 0 Å². The number of terminal acetylenes is 1. The first kappa shape index (κ1) is 14.3. The maximum Gasteiger partial charge on any atom is 0.0453 e. The van der Waals surface area contributed by atoms with Crippen LogP contribution in [-0.4, -0.2) is 6.04 Å². The molecule has 0 saturated carbocycles. The van der Waals surface area contributed by atoms with Crippen LogP contribution in [-0.2, 0) is 6.42 Å². The summed E-state index contributed by atoms with van der Waals surface area (Å²) in [5.74, 6) is 8.13. The third-order valence-electron chi connectivity index (χ3n) is 2.59. The van der Waals surface area contributed by atoms with Gasteiger partial charge in [0.1, 0.15) is 0 Å². The molecule has 17 heavy (non-hydrogen) atoms. The van der Waals surface area contributed by atoms with Crippen molar-refractivity contribution in [3.8, 4) is 12.3 Å². The highest BCUT2D eigenvalue weighted by molar-refractivity contribution is 6.35. The Labute approximate surface area is 112 Å². The van der Waals surface area contributed by atoms with Crippen molar-refractivity contribution in [1.29, 1.82) is 0 Å². The molecule has 0 heterocycles. The highest BCUT2D eigenvalue weighted by atomic mass is 35.5. The third-order valence-corrected chi connectivity index (χ3v) is 3.18. The van der Waals surface area contributed by atoms with Crippen LogP contribution in [0.15, 0.2) is 18.2 Å². The quantitative estimate of drug-likeness (QED) is 0.361. The fourth-order valence-electron chi connectivity index (χ4n) is 1.65. The summed E-state index contributed by atoms with van der Waals surface area (Å²) in [7, 11) is 0. The molecular formula is C13H16Cl2N2. The number of hydrazine groups is 1. The van der Waals surface area contributed by atoms with E-state index in [2.05, 4.69) is 11.3 Å². The van der Waals surface area contributed by atoms with Gasteiger partial charge in [-0.2, -0.15) is 0 Å². The monoisotopic (exact) mass is 270 g/mol. The van der Waals surface area contributed by atoms with Crippen molar-refractivity contribution in [2.75, 3.05) is 0 Å². The number of halogens is 2. The highest BCUT2D eigenvalue weighted by Crippen LogP contribution is 2.22. The number of nitrogens with one attached hydrogen (secondary N) is 1. The molecule has 1 rings (SSSR count). The van der Waals surface area contributed by atoms with Crippen molar-refractivity contribution < 1.29 is 0 Å². The highest BCUT2D eigenvalue weighted by Gasteiger charge is 2.10. The second kappa shape index (κ2) is 7.58. The van der Waals surface area contributed by atoms with Gasteiger partial charge in [0, 0.05) is 22.5 Å². The first-order valence-corrected chi connectivity index (χ1v) is 6.26. The smallest absolute Gasteiger partial charge is 0.0453 e. The second-order valence-electron chi connectivity index (χ2n) is 3.90. The maximum absolute atomic E-state index is 6.11.